The Morgan fingerprint density at radius 3 is 2.70 bits per heavy atom. The van der Waals surface area contributed by atoms with Crippen LogP contribution in [0.4, 0.5) is 4.39 Å². The summed E-state index contributed by atoms with van der Waals surface area (Å²) in [6, 6.07) is 5.78. The first kappa shape index (κ1) is 20.0. The minimum Gasteiger partial charge on any atom is -0.458 e. The van der Waals surface area contributed by atoms with Gasteiger partial charge in [0.15, 0.2) is 5.78 Å². The molecule has 4 aliphatic rings. The minimum atomic E-state index is -0.411. The number of hydrogen-bond donors (Lipinski definition) is 0. The zero-order valence-electron chi connectivity index (χ0n) is 18.0. The lowest BCUT2D eigenvalue weighted by Gasteiger charge is -2.57. The summed E-state index contributed by atoms with van der Waals surface area (Å²) in [6.45, 7) is 4.70. The van der Waals surface area contributed by atoms with Crippen LogP contribution in [0.3, 0.4) is 0 Å². The van der Waals surface area contributed by atoms with E-state index in [1.807, 2.05) is 6.08 Å². The molecule has 4 heteroatoms. The molecule has 0 amide bonds. The monoisotopic (exact) mass is 410 g/mol. The second-order valence-corrected chi connectivity index (χ2v) is 10.5. The molecule has 0 aliphatic heterocycles. The Kier molecular flexibility index (Phi) is 4.68. The van der Waals surface area contributed by atoms with Crippen molar-refractivity contribution in [3.05, 3.63) is 47.3 Å². The molecular weight excluding hydrogens is 379 g/mol. The predicted octanol–water partition coefficient (Wildman–Crippen LogP) is 5.88. The number of ketones is 1. The van der Waals surface area contributed by atoms with E-state index >= 15 is 0 Å². The van der Waals surface area contributed by atoms with Gasteiger partial charge in [0.1, 0.15) is 11.9 Å². The maximum absolute atomic E-state index is 13.5. The zero-order chi connectivity index (χ0) is 21.1. The molecule has 0 radical (unpaired) electrons. The molecule has 6 atom stereocenters. The van der Waals surface area contributed by atoms with E-state index in [4.69, 9.17) is 4.74 Å². The highest BCUT2D eigenvalue weighted by molar-refractivity contribution is 5.91. The predicted molar refractivity (Wildman–Crippen MR) is 112 cm³/mol. The van der Waals surface area contributed by atoms with Gasteiger partial charge in [-0.3, -0.25) is 4.79 Å². The lowest BCUT2D eigenvalue weighted by atomic mass is 9.47. The number of ether oxygens (including phenoxy) is 1. The fraction of sp³-hybridized carbons (Fsp3) is 0.615. The lowest BCUT2D eigenvalue weighted by Crippen LogP contribution is -2.51. The number of hydrogen-bond acceptors (Lipinski definition) is 3. The highest BCUT2D eigenvalue weighted by Gasteiger charge is 2.60. The molecule has 0 heterocycles. The first-order valence-corrected chi connectivity index (χ1v) is 11.5. The Hall–Kier alpha value is -1.97. The van der Waals surface area contributed by atoms with Gasteiger partial charge in [-0.15, -0.1) is 0 Å². The average molecular weight is 411 g/mol. The van der Waals surface area contributed by atoms with Crippen LogP contribution in [0.2, 0.25) is 0 Å². The second kappa shape index (κ2) is 7.03. The van der Waals surface area contributed by atoms with Crippen molar-refractivity contribution >= 4 is 11.8 Å². The molecule has 0 bridgehead atoms. The van der Waals surface area contributed by atoms with Crippen LogP contribution < -0.4 is 0 Å². The van der Waals surface area contributed by atoms with Gasteiger partial charge in [-0.1, -0.05) is 25.5 Å². The van der Waals surface area contributed by atoms with Crippen molar-refractivity contribution in [2.45, 2.75) is 71.3 Å². The van der Waals surface area contributed by atoms with E-state index in [2.05, 4.69) is 13.8 Å². The molecule has 0 N–H and O–H groups in total. The fourth-order valence-corrected chi connectivity index (χ4v) is 7.52. The van der Waals surface area contributed by atoms with Crippen molar-refractivity contribution < 1.29 is 18.7 Å². The number of allylic oxidation sites excluding steroid dienone is 1. The van der Waals surface area contributed by atoms with Crippen LogP contribution in [-0.2, 0) is 9.53 Å². The number of rotatable bonds is 2. The normalized spacial score (nSPS) is 40.1. The molecule has 3 fully saturated rings. The van der Waals surface area contributed by atoms with Gasteiger partial charge in [0, 0.05) is 11.8 Å². The topological polar surface area (TPSA) is 43.4 Å². The smallest absolute Gasteiger partial charge is 0.338 e. The SMILES string of the molecule is C[C@]12CCC(=O)C=C1CC[C@@H]1[C@H]2CC[C@]2(C)C(OC(=O)c3cccc(F)c3)CC[C@@H]12. The molecule has 1 unspecified atom stereocenters. The van der Waals surface area contributed by atoms with E-state index in [9.17, 15) is 14.0 Å². The maximum atomic E-state index is 13.5. The van der Waals surface area contributed by atoms with Crippen molar-refractivity contribution in [1.29, 1.82) is 0 Å². The molecule has 1 aromatic carbocycles. The summed E-state index contributed by atoms with van der Waals surface area (Å²) in [5.74, 6) is 1.29. The van der Waals surface area contributed by atoms with Crippen molar-refractivity contribution in [2.24, 2.45) is 28.6 Å². The Balaban J connectivity index is 1.36. The van der Waals surface area contributed by atoms with Gasteiger partial charge in [-0.2, -0.15) is 0 Å². The Morgan fingerprint density at radius 1 is 1.07 bits per heavy atom. The maximum Gasteiger partial charge on any atom is 0.338 e. The minimum absolute atomic E-state index is 0.00772. The van der Waals surface area contributed by atoms with Gasteiger partial charge in [0.2, 0.25) is 0 Å². The number of halogens is 1. The van der Waals surface area contributed by atoms with E-state index in [1.165, 1.54) is 17.7 Å². The van der Waals surface area contributed by atoms with Gasteiger partial charge >= 0.3 is 5.97 Å². The largest absolute Gasteiger partial charge is 0.458 e. The Bertz CT molecular complexity index is 921. The standard InChI is InChI=1S/C26H31FO3/c1-25-12-10-19(28)15-17(25)6-7-20-21-8-9-23(26(21,2)13-11-22(20)25)30-24(29)16-4-3-5-18(27)14-16/h3-5,14-15,20-23H,6-13H2,1-2H3/t20-,21-,22+,23?,25-,26-/m0/s1. The third-order valence-corrected chi connectivity index (χ3v) is 9.18. The van der Waals surface area contributed by atoms with Gasteiger partial charge in [0.05, 0.1) is 5.56 Å². The van der Waals surface area contributed by atoms with Crippen molar-refractivity contribution in [3.63, 3.8) is 0 Å². The van der Waals surface area contributed by atoms with Crippen LogP contribution in [0.5, 0.6) is 0 Å². The van der Waals surface area contributed by atoms with Crippen molar-refractivity contribution in [1.82, 2.24) is 0 Å². The lowest BCUT2D eigenvalue weighted by molar-refractivity contribution is -0.118. The number of fused-ring (bicyclic) bond motifs is 5. The van der Waals surface area contributed by atoms with Gasteiger partial charge in [-0.05, 0) is 92.4 Å². The van der Waals surface area contributed by atoms with Crippen LogP contribution in [0.25, 0.3) is 0 Å². The van der Waals surface area contributed by atoms with Crippen LogP contribution in [0.15, 0.2) is 35.9 Å². The molecule has 160 valence electrons. The first-order chi connectivity index (χ1) is 14.3. The molecule has 3 saturated carbocycles. The summed E-state index contributed by atoms with van der Waals surface area (Å²) < 4.78 is 19.5. The van der Waals surface area contributed by atoms with Crippen LogP contribution >= 0.6 is 0 Å². The zero-order valence-corrected chi connectivity index (χ0v) is 18.0. The van der Waals surface area contributed by atoms with E-state index < -0.39 is 11.8 Å². The average Bonchev–Trinajstić information content (AvgIpc) is 3.05. The number of benzene rings is 1. The van der Waals surface area contributed by atoms with Gasteiger partial charge in [-0.25, -0.2) is 9.18 Å². The summed E-state index contributed by atoms with van der Waals surface area (Å²) in [5.41, 5.74) is 1.83. The Labute approximate surface area is 178 Å². The second-order valence-electron chi connectivity index (χ2n) is 10.5. The first-order valence-electron chi connectivity index (χ1n) is 11.5. The molecular formula is C26H31FO3. The van der Waals surface area contributed by atoms with E-state index in [-0.39, 0.29) is 16.9 Å². The quantitative estimate of drug-likeness (QED) is 0.572. The Morgan fingerprint density at radius 2 is 1.90 bits per heavy atom. The van der Waals surface area contributed by atoms with Gasteiger partial charge in [0.25, 0.3) is 0 Å². The molecule has 0 saturated heterocycles. The number of carbonyl (C=O) groups excluding carboxylic acids is 2. The van der Waals surface area contributed by atoms with Crippen LogP contribution in [0, 0.1) is 34.4 Å². The molecule has 4 aliphatic carbocycles. The van der Waals surface area contributed by atoms with E-state index in [1.54, 1.807) is 12.1 Å². The highest BCUT2D eigenvalue weighted by atomic mass is 19.1. The summed E-state index contributed by atoms with van der Waals surface area (Å²) >= 11 is 0. The molecule has 1 aromatic rings. The summed E-state index contributed by atoms with van der Waals surface area (Å²) in [4.78, 5) is 24.7. The molecule has 30 heavy (non-hydrogen) atoms. The molecule has 0 aromatic heterocycles. The van der Waals surface area contributed by atoms with E-state index in [0.29, 0.717) is 35.5 Å². The third kappa shape index (κ3) is 2.98. The van der Waals surface area contributed by atoms with Crippen molar-refractivity contribution in [3.8, 4) is 0 Å². The molecule has 0 spiro atoms. The fourth-order valence-electron chi connectivity index (χ4n) is 7.52. The van der Waals surface area contributed by atoms with Crippen LogP contribution in [-0.4, -0.2) is 17.9 Å². The highest BCUT2D eigenvalue weighted by Crippen LogP contribution is 2.65. The van der Waals surface area contributed by atoms with Gasteiger partial charge < -0.3 is 4.74 Å². The third-order valence-electron chi connectivity index (χ3n) is 9.18. The van der Waals surface area contributed by atoms with E-state index in [0.717, 1.165) is 44.9 Å². The van der Waals surface area contributed by atoms with Crippen LogP contribution in [0.1, 0.15) is 75.6 Å². The summed E-state index contributed by atoms with van der Waals surface area (Å²) in [5, 5.41) is 0. The summed E-state index contributed by atoms with van der Waals surface area (Å²) in [7, 11) is 0. The number of esters is 1. The van der Waals surface area contributed by atoms with Crippen molar-refractivity contribution in [2.75, 3.05) is 0 Å². The number of carbonyl (C=O) groups is 2. The molecule has 5 rings (SSSR count). The molecule has 3 nitrogen and oxygen atoms in total. The summed E-state index contributed by atoms with van der Waals surface area (Å²) in [6.07, 6.45) is 9.86.